The van der Waals surface area contributed by atoms with Crippen molar-refractivity contribution in [2.45, 2.75) is 53.1 Å². The van der Waals surface area contributed by atoms with E-state index in [4.69, 9.17) is 5.10 Å². The molecule has 7 nitrogen and oxygen atoms in total. The maximum Gasteiger partial charge on any atom is 0.329 e. The Labute approximate surface area is 206 Å². The molecule has 0 saturated carbocycles. The molecular formula is C28H36N6O. The van der Waals surface area contributed by atoms with Crippen LogP contribution in [0.1, 0.15) is 38.7 Å². The molecular weight excluding hydrogens is 436 g/mol. The van der Waals surface area contributed by atoms with Crippen molar-refractivity contribution >= 4 is 16.9 Å². The first kappa shape index (κ1) is 23.4. The first-order valence-electron chi connectivity index (χ1n) is 13.0. The van der Waals surface area contributed by atoms with E-state index in [1.165, 1.54) is 37.9 Å². The van der Waals surface area contributed by atoms with Crippen molar-refractivity contribution in [2.75, 3.05) is 31.5 Å². The summed E-state index contributed by atoms with van der Waals surface area (Å²) < 4.78 is 3.70. The molecule has 2 aromatic heterocycles. The number of H-pyrrole nitrogens is 1. The standard InChI is InChI=1S/C28H36N6O/c1-4-33-23-13-12-21(19-24(23)34(5-2)28(33)35)25-26(22-11-9-10-20(3)18-22)30-31-27(25)29-14-17-32-15-7-6-8-16-32/h9-13,18-19H,4-8,14-17H2,1-3H3,(H2,29,30,31). The van der Waals surface area contributed by atoms with Crippen LogP contribution >= 0.6 is 0 Å². The topological polar surface area (TPSA) is 70.9 Å². The van der Waals surface area contributed by atoms with Gasteiger partial charge in [-0.2, -0.15) is 5.10 Å². The van der Waals surface area contributed by atoms with E-state index in [1.54, 1.807) is 0 Å². The summed E-state index contributed by atoms with van der Waals surface area (Å²) in [5, 5.41) is 11.6. The predicted molar refractivity (Wildman–Crippen MR) is 144 cm³/mol. The number of nitrogens with one attached hydrogen (secondary N) is 2. The second-order valence-corrected chi connectivity index (χ2v) is 9.50. The number of piperidine rings is 1. The highest BCUT2D eigenvalue weighted by Gasteiger charge is 2.20. The fraction of sp³-hybridized carbons (Fsp3) is 0.429. The van der Waals surface area contributed by atoms with Gasteiger partial charge in [0.25, 0.3) is 0 Å². The van der Waals surface area contributed by atoms with E-state index in [2.05, 4.69) is 64.7 Å². The Morgan fingerprint density at radius 3 is 2.46 bits per heavy atom. The van der Waals surface area contributed by atoms with Gasteiger partial charge < -0.3 is 10.2 Å². The number of benzene rings is 2. The van der Waals surface area contributed by atoms with Crippen LogP contribution in [-0.4, -0.2) is 50.4 Å². The number of hydrogen-bond acceptors (Lipinski definition) is 4. The molecule has 5 rings (SSSR count). The Kier molecular flexibility index (Phi) is 6.77. The molecule has 35 heavy (non-hydrogen) atoms. The molecule has 2 N–H and O–H groups in total. The van der Waals surface area contributed by atoms with Gasteiger partial charge in [-0.05, 0) is 70.5 Å². The third kappa shape index (κ3) is 4.52. The molecule has 1 saturated heterocycles. The molecule has 4 aromatic rings. The van der Waals surface area contributed by atoms with Crippen LogP contribution in [0.25, 0.3) is 33.4 Å². The Hall–Kier alpha value is -3.32. The zero-order valence-corrected chi connectivity index (χ0v) is 21.1. The van der Waals surface area contributed by atoms with Crippen molar-refractivity contribution in [2.24, 2.45) is 0 Å². The first-order valence-corrected chi connectivity index (χ1v) is 13.0. The van der Waals surface area contributed by atoms with Gasteiger partial charge in [0.2, 0.25) is 0 Å². The van der Waals surface area contributed by atoms with Crippen molar-refractivity contribution in [1.29, 1.82) is 0 Å². The van der Waals surface area contributed by atoms with Gasteiger partial charge in [-0.1, -0.05) is 36.2 Å². The minimum atomic E-state index is 0.0492. The number of likely N-dealkylation sites (tertiary alicyclic amines) is 1. The van der Waals surface area contributed by atoms with E-state index in [1.807, 2.05) is 23.0 Å². The average molecular weight is 473 g/mol. The number of nitrogens with zero attached hydrogens (tertiary/aromatic N) is 4. The number of aromatic nitrogens is 4. The van der Waals surface area contributed by atoms with Crippen molar-refractivity contribution in [1.82, 2.24) is 24.2 Å². The van der Waals surface area contributed by atoms with Crippen molar-refractivity contribution in [3.63, 3.8) is 0 Å². The predicted octanol–water partition coefficient (Wildman–Crippen LogP) is 5.11. The Bertz CT molecular complexity index is 1370. The molecule has 0 bridgehead atoms. The van der Waals surface area contributed by atoms with E-state index >= 15 is 0 Å². The zero-order valence-electron chi connectivity index (χ0n) is 21.1. The highest BCUT2D eigenvalue weighted by molar-refractivity contribution is 5.92. The second kappa shape index (κ2) is 10.1. The van der Waals surface area contributed by atoms with Crippen LogP contribution in [0.3, 0.4) is 0 Å². The number of rotatable bonds is 8. The summed E-state index contributed by atoms with van der Waals surface area (Å²) in [4.78, 5) is 15.5. The van der Waals surface area contributed by atoms with Crippen LogP contribution < -0.4 is 11.0 Å². The Morgan fingerprint density at radius 2 is 1.71 bits per heavy atom. The summed E-state index contributed by atoms with van der Waals surface area (Å²) in [5.74, 6) is 0.859. The molecule has 0 radical (unpaired) electrons. The third-order valence-corrected chi connectivity index (χ3v) is 7.18. The molecule has 3 heterocycles. The van der Waals surface area contributed by atoms with Gasteiger partial charge in [0.05, 0.1) is 22.3 Å². The van der Waals surface area contributed by atoms with Crippen molar-refractivity contribution < 1.29 is 0 Å². The molecule has 0 atom stereocenters. The van der Waals surface area contributed by atoms with Crippen LogP contribution in [0.15, 0.2) is 47.3 Å². The van der Waals surface area contributed by atoms with Gasteiger partial charge in [-0.3, -0.25) is 14.2 Å². The largest absolute Gasteiger partial charge is 0.367 e. The van der Waals surface area contributed by atoms with E-state index in [0.29, 0.717) is 13.1 Å². The second-order valence-electron chi connectivity index (χ2n) is 9.50. The lowest BCUT2D eigenvalue weighted by atomic mass is 9.99. The van der Waals surface area contributed by atoms with Crippen molar-refractivity contribution in [3.8, 4) is 22.4 Å². The first-order chi connectivity index (χ1) is 17.1. The number of hydrogen-bond donors (Lipinski definition) is 2. The normalized spacial score (nSPS) is 14.6. The fourth-order valence-corrected chi connectivity index (χ4v) is 5.36. The third-order valence-electron chi connectivity index (χ3n) is 7.18. The Morgan fingerprint density at radius 1 is 0.943 bits per heavy atom. The van der Waals surface area contributed by atoms with E-state index in [9.17, 15) is 4.79 Å². The van der Waals surface area contributed by atoms with Crippen LogP contribution in [0, 0.1) is 6.92 Å². The van der Waals surface area contributed by atoms with E-state index < -0.39 is 0 Å². The Balaban J connectivity index is 1.56. The number of fused-ring (bicyclic) bond motifs is 1. The van der Waals surface area contributed by atoms with Gasteiger partial charge in [0.15, 0.2) is 5.82 Å². The van der Waals surface area contributed by atoms with E-state index in [-0.39, 0.29) is 5.69 Å². The van der Waals surface area contributed by atoms with Crippen LogP contribution in [-0.2, 0) is 13.1 Å². The fourth-order valence-electron chi connectivity index (χ4n) is 5.36. The molecule has 2 aromatic carbocycles. The minimum absolute atomic E-state index is 0.0492. The maximum atomic E-state index is 12.9. The van der Waals surface area contributed by atoms with Crippen molar-refractivity contribution in [3.05, 3.63) is 58.5 Å². The van der Waals surface area contributed by atoms with Crippen LogP contribution in [0.4, 0.5) is 5.82 Å². The summed E-state index contributed by atoms with van der Waals surface area (Å²) in [5.41, 5.74) is 7.40. The van der Waals surface area contributed by atoms with E-state index in [0.717, 1.165) is 52.3 Å². The highest BCUT2D eigenvalue weighted by atomic mass is 16.1. The molecule has 0 unspecified atom stereocenters. The zero-order chi connectivity index (χ0) is 24.4. The molecule has 1 aliphatic heterocycles. The number of aryl methyl sites for hydroxylation is 3. The lowest BCUT2D eigenvalue weighted by Gasteiger charge is -2.26. The van der Waals surface area contributed by atoms with Gasteiger partial charge in [0.1, 0.15) is 0 Å². The molecule has 0 aliphatic carbocycles. The molecule has 1 aliphatic rings. The maximum absolute atomic E-state index is 12.9. The molecule has 184 valence electrons. The summed E-state index contributed by atoms with van der Waals surface area (Å²) in [6.45, 7) is 11.7. The molecule has 1 fully saturated rings. The number of anilines is 1. The van der Waals surface area contributed by atoms with Gasteiger partial charge in [0, 0.05) is 31.7 Å². The summed E-state index contributed by atoms with van der Waals surface area (Å²) in [6.07, 6.45) is 3.93. The lowest BCUT2D eigenvalue weighted by Crippen LogP contribution is -2.33. The van der Waals surface area contributed by atoms with Gasteiger partial charge >= 0.3 is 5.69 Å². The molecule has 7 heteroatoms. The SMILES string of the molecule is CCn1c(=O)n(CC)c2cc(-c3c(NCCN4CCCCC4)n[nH]c3-c3cccc(C)c3)ccc21. The minimum Gasteiger partial charge on any atom is -0.367 e. The molecule has 0 spiro atoms. The van der Waals surface area contributed by atoms with Gasteiger partial charge in [-0.25, -0.2) is 4.79 Å². The smallest absolute Gasteiger partial charge is 0.329 e. The average Bonchev–Trinajstić information content (AvgIpc) is 3.41. The number of aromatic amines is 1. The summed E-state index contributed by atoms with van der Waals surface area (Å²) in [7, 11) is 0. The summed E-state index contributed by atoms with van der Waals surface area (Å²) >= 11 is 0. The highest BCUT2D eigenvalue weighted by Crippen LogP contribution is 2.37. The monoisotopic (exact) mass is 472 g/mol. The number of imidazole rings is 1. The van der Waals surface area contributed by atoms with Crippen LogP contribution in [0.2, 0.25) is 0 Å². The quantitative estimate of drug-likeness (QED) is 0.374. The van der Waals surface area contributed by atoms with Gasteiger partial charge in [-0.15, -0.1) is 0 Å². The lowest BCUT2D eigenvalue weighted by molar-refractivity contribution is 0.237. The summed E-state index contributed by atoms with van der Waals surface area (Å²) in [6, 6.07) is 14.8. The molecule has 0 amide bonds. The van der Waals surface area contributed by atoms with Crippen LogP contribution in [0.5, 0.6) is 0 Å².